The zero-order valence-electron chi connectivity index (χ0n) is 19.1. The number of aryl methyl sites for hydroxylation is 1. The molecule has 0 radical (unpaired) electrons. The highest BCUT2D eigenvalue weighted by molar-refractivity contribution is 5.88. The van der Waals surface area contributed by atoms with Crippen molar-refractivity contribution in [2.45, 2.75) is 39.3 Å². The van der Waals surface area contributed by atoms with E-state index in [1.54, 1.807) is 4.68 Å². The molecule has 0 aliphatic heterocycles. The number of fused-ring (bicyclic) bond motifs is 1. The van der Waals surface area contributed by atoms with E-state index in [0.717, 1.165) is 22.2 Å². The predicted molar refractivity (Wildman–Crippen MR) is 128 cm³/mol. The third-order valence-electron chi connectivity index (χ3n) is 5.51. The molecule has 4 aromatic rings. The molecule has 8 heteroatoms. The maximum atomic E-state index is 12.3. The first kappa shape index (κ1) is 22.3. The number of nitrogens with zero attached hydrogens (tertiary/aromatic N) is 4. The minimum absolute atomic E-state index is 0.211. The molecule has 4 rings (SSSR count). The van der Waals surface area contributed by atoms with Gasteiger partial charge in [0.25, 0.3) is 0 Å². The molecule has 170 valence electrons. The Morgan fingerprint density at radius 2 is 1.79 bits per heavy atom. The summed E-state index contributed by atoms with van der Waals surface area (Å²) >= 11 is 0. The number of nitrogens with two attached hydrogens (primary N) is 1. The fraction of sp³-hybridized carbons (Fsp3) is 0.280. The lowest BCUT2D eigenvalue weighted by Crippen LogP contribution is -2.41. The number of anilines is 1. The summed E-state index contributed by atoms with van der Waals surface area (Å²) in [6, 6.07) is 17.9. The smallest absolute Gasteiger partial charge is 0.407 e. The molecule has 0 aliphatic carbocycles. The number of carbonyl (C=O) groups is 1. The van der Waals surface area contributed by atoms with Gasteiger partial charge in [0.1, 0.15) is 18.8 Å². The van der Waals surface area contributed by atoms with E-state index in [1.165, 1.54) is 11.9 Å². The van der Waals surface area contributed by atoms with E-state index < -0.39 is 11.6 Å². The Kier molecular flexibility index (Phi) is 6.26. The fourth-order valence-corrected chi connectivity index (χ4v) is 3.63. The zero-order valence-corrected chi connectivity index (χ0v) is 19.1. The minimum atomic E-state index is -0.587. The van der Waals surface area contributed by atoms with E-state index in [-0.39, 0.29) is 6.61 Å². The standard InChI is InChI=1S/C25H28N6O2/c1-17-9-11-18(12-10-17)13-20-21-22(26)28-16-29-23(21)31(30-20)25(2,3)15-27-24(32)33-14-19-7-5-4-6-8-19/h4-12,16H,13-15H2,1-3H3,(H,27,32)(H2,26,28,29). The Labute approximate surface area is 192 Å². The van der Waals surface area contributed by atoms with Gasteiger partial charge in [-0.3, -0.25) is 0 Å². The average Bonchev–Trinajstić information content (AvgIpc) is 3.19. The molecule has 33 heavy (non-hydrogen) atoms. The molecule has 0 unspecified atom stereocenters. The summed E-state index contributed by atoms with van der Waals surface area (Å²) < 4.78 is 7.14. The number of hydrogen-bond donors (Lipinski definition) is 2. The molecule has 2 aromatic heterocycles. The van der Waals surface area contributed by atoms with Crippen LogP contribution >= 0.6 is 0 Å². The molecule has 3 N–H and O–H groups in total. The highest BCUT2D eigenvalue weighted by Crippen LogP contribution is 2.28. The molecule has 8 nitrogen and oxygen atoms in total. The van der Waals surface area contributed by atoms with Crippen molar-refractivity contribution in [3.63, 3.8) is 0 Å². The Morgan fingerprint density at radius 1 is 1.06 bits per heavy atom. The van der Waals surface area contributed by atoms with E-state index in [0.29, 0.717) is 24.4 Å². The van der Waals surface area contributed by atoms with Crippen molar-refractivity contribution in [2.24, 2.45) is 0 Å². The van der Waals surface area contributed by atoms with E-state index in [1.807, 2.05) is 44.2 Å². The van der Waals surface area contributed by atoms with Gasteiger partial charge in [-0.05, 0) is 31.9 Å². The van der Waals surface area contributed by atoms with Gasteiger partial charge in [0.15, 0.2) is 5.65 Å². The van der Waals surface area contributed by atoms with E-state index in [9.17, 15) is 4.79 Å². The maximum absolute atomic E-state index is 12.3. The summed E-state index contributed by atoms with van der Waals surface area (Å²) in [6.45, 7) is 6.52. The van der Waals surface area contributed by atoms with Crippen molar-refractivity contribution in [1.29, 1.82) is 0 Å². The van der Waals surface area contributed by atoms with E-state index >= 15 is 0 Å². The number of amides is 1. The summed E-state index contributed by atoms with van der Waals surface area (Å²) in [4.78, 5) is 20.9. The minimum Gasteiger partial charge on any atom is -0.445 e. The lowest BCUT2D eigenvalue weighted by atomic mass is 10.1. The number of alkyl carbamates (subject to hydrolysis) is 1. The molecular formula is C25H28N6O2. The zero-order chi connectivity index (χ0) is 23.4. The van der Waals surface area contributed by atoms with Crippen molar-refractivity contribution in [2.75, 3.05) is 12.3 Å². The molecule has 0 atom stereocenters. The third-order valence-corrected chi connectivity index (χ3v) is 5.51. The molecule has 0 bridgehead atoms. The van der Waals surface area contributed by atoms with Crippen LogP contribution in [0.25, 0.3) is 11.0 Å². The fourth-order valence-electron chi connectivity index (χ4n) is 3.63. The van der Waals surface area contributed by atoms with Crippen LogP contribution in [0.2, 0.25) is 0 Å². The van der Waals surface area contributed by atoms with Gasteiger partial charge in [-0.2, -0.15) is 5.10 Å². The monoisotopic (exact) mass is 444 g/mol. The van der Waals surface area contributed by atoms with Gasteiger partial charge in [-0.15, -0.1) is 0 Å². The third kappa shape index (κ3) is 5.11. The van der Waals surface area contributed by atoms with Crippen LogP contribution in [0.3, 0.4) is 0 Å². The van der Waals surface area contributed by atoms with Crippen molar-refractivity contribution in [3.8, 4) is 0 Å². The second-order valence-corrected chi connectivity index (χ2v) is 8.71. The largest absolute Gasteiger partial charge is 0.445 e. The molecule has 0 saturated carbocycles. The van der Waals surface area contributed by atoms with Gasteiger partial charge in [0.05, 0.1) is 16.6 Å². The number of hydrogen-bond acceptors (Lipinski definition) is 6. The summed E-state index contributed by atoms with van der Waals surface area (Å²) in [6.07, 6.45) is 1.55. The van der Waals surface area contributed by atoms with Gasteiger partial charge < -0.3 is 15.8 Å². The number of benzene rings is 2. The van der Waals surface area contributed by atoms with Crippen LogP contribution in [0, 0.1) is 6.92 Å². The van der Waals surface area contributed by atoms with Crippen LogP contribution in [0.5, 0.6) is 0 Å². The van der Waals surface area contributed by atoms with E-state index in [2.05, 4.69) is 46.5 Å². The molecule has 0 saturated heterocycles. The molecule has 1 amide bonds. The van der Waals surface area contributed by atoms with Gasteiger partial charge in [-0.1, -0.05) is 60.2 Å². The van der Waals surface area contributed by atoms with Crippen molar-refractivity contribution < 1.29 is 9.53 Å². The van der Waals surface area contributed by atoms with Crippen LogP contribution in [0.15, 0.2) is 60.9 Å². The number of aromatic nitrogens is 4. The maximum Gasteiger partial charge on any atom is 0.407 e. The van der Waals surface area contributed by atoms with Crippen LogP contribution < -0.4 is 11.1 Å². The van der Waals surface area contributed by atoms with Crippen molar-refractivity contribution in [1.82, 2.24) is 25.1 Å². The quantitative estimate of drug-likeness (QED) is 0.447. The van der Waals surface area contributed by atoms with Gasteiger partial charge >= 0.3 is 6.09 Å². The Bertz CT molecular complexity index is 1250. The van der Waals surface area contributed by atoms with E-state index in [4.69, 9.17) is 15.6 Å². The number of carbonyl (C=O) groups excluding carboxylic acids is 1. The second-order valence-electron chi connectivity index (χ2n) is 8.71. The summed E-state index contributed by atoms with van der Waals surface area (Å²) in [7, 11) is 0. The van der Waals surface area contributed by atoms with Crippen molar-refractivity contribution >= 4 is 22.9 Å². The molecular weight excluding hydrogens is 416 g/mol. The van der Waals surface area contributed by atoms with Crippen LogP contribution in [-0.2, 0) is 23.3 Å². The number of ether oxygens (including phenoxy) is 1. The topological polar surface area (TPSA) is 108 Å². The summed E-state index contributed by atoms with van der Waals surface area (Å²) in [5.74, 6) is 0.388. The first-order valence-electron chi connectivity index (χ1n) is 10.8. The van der Waals surface area contributed by atoms with Crippen molar-refractivity contribution in [3.05, 3.63) is 83.3 Å². The number of rotatable bonds is 7. The Morgan fingerprint density at radius 3 is 2.52 bits per heavy atom. The summed E-state index contributed by atoms with van der Waals surface area (Å²) in [5, 5.41) is 8.43. The molecule has 2 aromatic carbocycles. The first-order valence-corrected chi connectivity index (χ1v) is 10.8. The molecule has 0 spiro atoms. The highest BCUT2D eigenvalue weighted by Gasteiger charge is 2.28. The van der Waals surface area contributed by atoms with Gasteiger partial charge in [0, 0.05) is 13.0 Å². The Hall–Kier alpha value is -3.94. The van der Waals surface area contributed by atoms with Crippen LogP contribution in [0.1, 0.15) is 36.2 Å². The average molecular weight is 445 g/mol. The SMILES string of the molecule is Cc1ccc(Cc2nn(C(C)(C)CNC(=O)OCc3ccccc3)c3ncnc(N)c23)cc1. The summed E-state index contributed by atoms with van der Waals surface area (Å²) in [5.41, 5.74) is 10.3. The second kappa shape index (κ2) is 9.28. The molecule has 0 fully saturated rings. The van der Waals surface area contributed by atoms with Gasteiger partial charge in [0.2, 0.25) is 0 Å². The van der Waals surface area contributed by atoms with Crippen LogP contribution in [0.4, 0.5) is 10.6 Å². The molecule has 2 heterocycles. The van der Waals surface area contributed by atoms with Gasteiger partial charge in [-0.25, -0.2) is 19.4 Å². The lowest BCUT2D eigenvalue weighted by Gasteiger charge is -2.26. The molecule has 0 aliphatic rings. The number of nitrogen functional groups attached to an aromatic ring is 1. The normalized spacial score (nSPS) is 11.5. The predicted octanol–water partition coefficient (Wildman–Crippen LogP) is 3.97. The lowest BCUT2D eigenvalue weighted by molar-refractivity contribution is 0.135. The Balaban J connectivity index is 1.53. The van der Waals surface area contributed by atoms with Crippen LogP contribution in [-0.4, -0.2) is 32.4 Å². The number of nitrogens with one attached hydrogen (secondary N) is 1. The highest BCUT2D eigenvalue weighted by atomic mass is 16.5. The first-order chi connectivity index (χ1) is 15.8.